The second kappa shape index (κ2) is 9.69. The van der Waals surface area contributed by atoms with E-state index in [0.29, 0.717) is 5.92 Å². The Labute approximate surface area is 188 Å². The van der Waals surface area contributed by atoms with E-state index < -0.39 is 17.6 Å². The summed E-state index contributed by atoms with van der Waals surface area (Å²) in [6, 6.07) is 9.15. The first kappa shape index (κ1) is 22.9. The molecule has 0 amide bonds. The van der Waals surface area contributed by atoms with E-state index in [2.05, 4.69) is 30.9 Å². The number of unbranched alkanes of at least 4 members (excludes halogenated alkanes) is 2. The molecule has 32 heavy (non-hydrogen) atoms. The zero-order valence-electron chi connectivity index (χ0n) is 18.6. The summed E-state index contributed by atoms with van der Waals surface area (Å²) in [5.41, 5.74) is 2.62. The van der Waals surface area contributed by atoms with Crippen molar-refractivity contribution in [2.75, 3.05) is 0 Å². The number of aryl methyl sites for hydroxylation is 1. The minimum absolute atomic E-state index is 0.245. The highest BCUT2D eigenvalue weighted by molar-refractivity contribution is 5.48. The second-order valence-corrected chi connectivity index (χ2v) is 9.44. The van der Waals surface area contributed by atoms with Crippen LogP contribution in [0.25, 0.3) is 0 Å². The highest BCUT2D eigenvalue weighted by Gasteiger charge is 2.35. The zero-order chi connectivity index (χ0) is 22.7. The van der Waals surface area contributed by atoms with Gasteiger partial charge < -0.3 is 0 Å². The molecule has 3 atom stereocenters. The highest BCUT2D eigenvalue weighted by atomic mass is 19.4. The number of halogens is 4. The first-order valence-electron chi connectivity index (χ1n) is 11.9. The Morgan fingerprint density at radius 1 is 0.938 bits per heavy atom. The Morgan fingerprint density at radius 3 is 2.41 bits per heavy atom. The Kier molecular flexibility index (Phi) is 6.93. The molecule has 2 aromatic carbocycles. The van der Waals surface area contributed by atoms with Crippen LogP contribution in [0.2, 0.25) is 0 Å². The van der Waals surface area contributed by atoms with Gasteiger partial charge in [-0.05, 0) is 91.3 Å². The lowest BCUT2D eigenvalue weighted by Gasteiger charge is -2.40. The smallest absolute Gasteiger partial charge is 0.206 e. The second-order valence-electron chi connectivity index (χ2n) is 9.44. The number of benzene rings is 2. The number of rotatable bonds is 4. The maximum Gasteiger partial charge on any atom is 0.419 e. The molecule has 1 saturated carbocycles. The monoisotopic (exact) mass is 442 g/mol. The van der Waals surface area contributed by atoms with E-state index in [-0.39, 0.29) is 5.56 Å². The third kappa shape index (κ3) is 5.20. The van der Waals surface area contributed by atoms with E-state index >= 15 is 0 Å². The summed E-state index contributed by atoms with van der Waals surface area (Å²) in [5, 5.41) is 0. The average Bonchev–Trinajstić information content (AvgIpc) is 2.76. The van der Waals surface area contributed by atoms with Gasteiger partial charge in [-0.25, -0.2) is 4.39 Å². The standard InChI is InChI=1S/C28H30F4/c1-2-3-4-5-19-8-13-24-22(16-19)11-12-23-17-20(9-14-25(23)24)6-7-21-10-15-26(27(29)18-21)28(30,31)32/h9-10,14-15,17-19,22,24H,2-5,8,11-13,16H2,1H3. The van der Waals surface area contributed by atoms with Crippen molar-refractivity contribution in [1.82, 2.24) is 0 Å². The van der Waals surface area contributed by atoms with Gasteiger partial charge in [-0.3, -0.25) is 0 Å². The van der Waals surface area contributed by atoms with Gasteiger partial charge in [0.2, 0.25) is 0 Å². The highest BCUT2D eigenvalue weighted by Crippen LogP contribution is 2.48. The molecule has 170 valence electrons. The van der Waals surface area contributed by atoms with Crippen molar-refractivity contribution in [1.29, 1.82) is 0 Å². The van der Waals surface area contributed by atoms with Crippen LogP contribution >= 0.6 is 0 Å². The van der Waals surface area contributed by atoms with E-state index in [4.69, 9.17) is 0 Å². The number of alkyl halides is 3. The van der Waals surface area contributed by atoms with Crippen LogP contribution in [-0.4, -0.2) is 0 Å². The van der Waals surface area contributed by atoms with Crippen molar-refractivity contribution in [3.63, 3.8) is 0 Å². The number of hydrogen-bond acceptors (Lipinski definition) is 0. The topological polar surface area (TPSA) is 0 Å². The predicted octanol–water partition coefficient (Wildman–Crippen LogP) is 8.27. The molecule has 2 aromatic rings. The van der Waals surface area contributed by atoms with Gasteiger partial charge >= 0.3 is 6.18 Å². The van der Waals surface area contributed by atoms with E-state index in [9.17, 15) is 17.6 Å². The van der Waals surface area contributed by atoms with E-state index in [1.54, 1.807) is 0 Å². The first-order chi connectivity index (χ1) is 15.3. The normalized spacial score (nSPS) is 22.5. The summed E-state index contributed by atoms with van der Waals surface area (Å²) in [6.07, 6.45) is 6.90. The van der Waals surface area contributed by atoms with Crippen LogP contribution in [-0.2, 0) is 12.6 Å². The fourth-order valence-corrected chi connectivity index (χ4v) is 5.60. The summed E-state index contributed by atoms with van der Waals surface area (Å²) in [7, 11) is 0. The minimum atomic E-state index is -4.69. The van der Waals surface area contributed by atoms with Gasteiger partial charge in [0, 0.05) is 11.1 Å². The maximum atomic E-state index is 13.8. The third-order valence-electron chi connectivity index (χ3n) is 7.26. The SMILES string of the molecule is CCCCCC1CCC2c3ccc(C#Cc4ccc(C(F)(F)F)c(F)c4)cc3CCC2C1. The van der Waals surface area contributed by atoms with Gasteiger partial charge in [0.25, 0.3) is 0 Å². The van der Waals surface area contributed by atoms with Crippen LogP contribution in [0.3, 0.4) is 0 Å². The lowest BCUT2D eigenvalue weighted by molar-refractivity contribution is -0.140. The van der Waals surface area contributed by atoms with E-state index in [0.717, 1.165) is 36.0 Å². The van der Waals surface area contributed by atoms with Crippen LogP contribution in [0.15, 0.2) is 36.4 Å². The molecule has 0 spiro atoms. The molecule has 0 nitrogen and oxygen atoms in total. The molecule has 3 unspecified atom stereocenters. The Balaban J connectivity index is 1.45. The van der Waals surface area contributed by atoms with Crippen LogP contribution in [0.5, 0.6) is 0 Å². The van der Waals surface area contributed by atoms with E-state index in [1.165, 1.54) is 68.6 Å². The predicted molar refractivity (Wildman–Crippen MR) is 120 cm³/mol. The van der Waals surface area contributed by atoms with Crippen molar-refractivity contribution in [2.45, 2.75) is 76.8 Å². The minimum Gasteiger partial charge on any atom is -0.206 e. The van der Waals surface area contributed by atoms with Crippen LogP contribution in [0.4, 0.5) is 17.6 Å². The molecular weight excluding hydrogens is 412 g/mol. The van der Waals surface area contributed by atoms with Crippen LogP contribution in [0.1, 0.15) is 92.0 Å². The first-order valence-corrected chi connectivity index (χ1v) is 11.9. The van der Waals surface area contributed by atoms with Gasteiger partial charge in [0.1, 0.15) is 5.82 Å². The summed E-state index contributed by atoms with van der Waals surface area (Å²) in [4.78, 5) is 0. The average molecular weight is 443 g/mol. The molecule has 0 N–H and O–H groups in total. The van der Waals surface area contributed by atoms with Crippen LogP contribution in [0, 0.1) is 29.5 Å². The van der Waals surface area contributed by atoms with Gasteiger partial charge in [-0.2, -0.15) is 13.2 Å². The largest absolute Gasteiger partial charge is 0.419 e. The summed E-state index contributed by atoms with van der Waals surface area (Å²) < 4.78 is 52.0. The fraction of sp³-hybridized carbons (Fsp3) is 0.500. The van der Waals surface area contributed by atoms with Crippen molar-refractivity contribution >= 4 is 0 Å². The quantitative estimate of drug-likeness (QED) is 0.254. The fourth-order valence-electron chi connectivity index (χ4n) is 5.60. The molecule has 2 aliphatic rings. The van der Waals surface area contributed by atoms with Crippen molar-refractivity contribution in [2.24, 2.45) is 11.8 Å². The summed E-state index contributed by atoms with van der Waals surface area (Å²) in [6.45, 7) is 2.26. The third-order valence-corrected chi connectivity index (χ3v) is 7.26. The molecule has 0 bridgehead atoms. The zero-order valence-corrected chi connectivity index (χ0v) is 18.6. The molecule has 0 aliphatic heterocycles. The molecule has 4 heteroatoms. The van der Waals surface area contributed by atoms with Gasteiger partial charge in [0.15, 0.2) is 0 Å². The lowest BCUT2D eigenvalue weighted by atomic mass is 9.64. The molecular formula is C28H30F4. The molecule has 4 rings (SSSR count). The van der Waals surface area contributed by atoms with Crippen molar-refractivity contribution in [3.8, 4) is 11.8 Å². The Morgan fingerprint density at radius 2 is 1.69 bits per heavy atom. The Hall–Kier alpha value is -2.28. The molecule has 1 fully saturated rings. The van der Waals surface area contributed by atoms with E-state index in [1.807, 2.05) is 6.07 Å². The Bertz CT molecular complexity index is 1010. The lowest BCUT2D eigenvalue weighted by Crippen LogP contribution is -2.28. The molecule has 0 aromatic heterocycles. The maximum absolute atomic E-state index is 13.8. The van der Waals surface area contributed by atoms with Crippen molar-refractivity contribution in [3.05, 3.63) is 70.0 Å². The molecule has 2 aliphatic carbocycles. The van der Waals surface area contributed by atoms with Crippen molar-refractivity contribution < 1.29 is 17.6 Å². The summed E-state index contributed by atoms with van der Waals surface area (Å²) >= 11 is 0. The molecule has 0 radical (unpaired) electrons. The number of fused-ring (bicyclic) bond motifs is 3. The number of hydrogen-bond donors (Lipinski definition) is 0. The molecule has 0 saturated heterocycles. The molecule has 0 heterocycles. The van der Waals surface area contributed by atoms with Crippen LogP contribution < -0.4 is 0 Å². The van der Waals surface area contributed by atoms with Gasteiger partial charge in [-0.15, -0.1) is 0 Å². The van der Waals surface area contributed by atoms with Gasteiger partial charge in [-0.1, -0.05) is 50.5 Å². The van der Waals surface area contributed by atoms with Gasteiger partial charge in [0.05, 0.1) is 5.56 Å². The summed E-state index contributed by atoms with van der Waals surface area (Å²) in [5.74, 6) is 6.86.